The second kappa shape index (κ2) is 9.42. The van der Waals surface area contributed by atoms with Gasteiger partial charge in [0.15, 0.2) is 6.73 Å². The molecule has 0 amide bonds. The summed E-state index contributed by atoms with van der Waals surface area (Å²) in [6.07, 6.45) is 1.56. The number of hydrogen-bond acceptors (Lipinski definition) is 4. The molecule has 1 aliphatic rings. The number of rotatable bonds is 3. The van der Waals surface area contributed by atoms with E-state index < -0.39 is 0 Å². The molecule has 0 aromatic heterocycles. The Balaban J connectivity index is 1.86. The Morgan fingerprint density at radius 3 is 2.27 bits per heavy atom. The normalized spacial score (nSPS) is 17.9. The molecule has 3 aromatic rings. The van der Waals surface area contributed by atoms with Crippen LogP contribution in [0.3, 0.4) is 0 Å². The SMILES string of the molecule is C=C1C(Sc2cccc(C)c2)=N/C=N\CO/C(c2ccccc2)=C\1c1ccccc1. The lowest BCUT2D eigenvalue weighted by Gasteiger charge is -2.18. The summed E-state index contributed by atoms with van der Waals surface area (Å²) in [5.41, 5.74) is 4.94. The van der Waals surface area contributed by atoms with E-state index >= 15 is 0 Å². The van der Waals surface area contributed by atoms with E-state index in [0.717, 1.165) is 38.0 Å². The number of benzene rings is 3. The molecule has 0 unspecified atom stereocenters. The first kappa shape index (κ1) is 19.9. The molecule has 0 atom stereocenters. The Bertz CT molecular complexity index is 1130. The molecule has 3 aromatic carbocycles. The summed E-state index contributed by atoms with van der Waals surface area (Å²) in [5.74, 6) is 0.753. The third kappa shape index (κ3) is 4.61. The third-order valence-electron chi connectivity index (χ3n) is 4.63. The Hall–Kier alpha value is -3.37. The van der Waals surface area contributed by atoms with Gasteiger partial charge in [0.2, 0.25) is 0 Å². The first-order valence-electron chi connectivity index (χ1n) is 9.70. The lowest BCUT2D eigenvalue weighted by molar-refractivity contribution is 0.291. The molecule has 1 aliphatic heterocycles. The summed E-state index contributed by atoms with van der Waals surface area (Å²) >= 11 is 1.58. The summed E-state index contributed by atoms with van der Waals surface area (Å²) in [4.78, 5) is 10.1. The van der Waals surface area contributed by atoms with Crippen molar-refractivity contribution in [2.75, 3.05) is 6.73 Å². The lowest BCUT2D eigenvalue weighted by atomic mass is 9.95. The smallest absolute Gasteiger partial charge is 0.180 e. The number of aryl methyl sites for hydroxylation is 1. The maximum atomic E-state index is 6.14. The zero-order valence-electron chi connectivity index (χ0n) is 16.8. The molecular formula is C26H22N2OS. The van der Waals surface area contributed by atoms with Gasteiger partial charge in [0.1, 0.15) is 17.1 Å². The van der Waals surface area contributed by atoms with Gasteiger partial charge in [0.05, 0.1) is 0 Å². The predicted molar refractivity (Wildman–Crippen MR) is 128 cm³/mol. The molecule has 0 saturated carbocycles. The summed E-state index contributed by atoms with van der Waals surface area (Å²) in [6, 6.07) is 28.6. The number of nitrogens with zero attached hydrogens (tertiary/aromatic N) is 2. The molecule has 0 aliphatic carbocycles. The van der Waals surface area contributed by atoms with Crippen LogP contribution in [-0.4, -0.2) is 18.1 Å². The molecule has 0 N–H and O–H groups in total. The van der Waals surface area contributed by atoms with Gasteiger partial charge in [-0.15, -0.1) is 0 Å². The van der Waals surface area contributed by atoms with E-state index in [0.29, 0.717) is 0 Å². The van der Waals surface area contributed by atoms with Crippen molar-refractivity contribution in [3.05, 3.63) is 114 Å². The zero-order chi connectivity index (χ0) is 20.8. The van der Waals surface area contributed by atoms with Gasteiger partial charge >= 0.3 is 0 Å². The largest absolute Gasteiger partial charge is 0.470 e. The number of thioether (sulfide) groups is 1. The average molecular weight is 411 g/mol. The fourth-order valence-electron chi connectivity index (χ4n) is 3.23. The summed E-state index contributed by atoms with van der Waals surface area (Å²) in [6.45, 7) is 6.72. The first-order valence-corrected chi connectivity index (χ1v) is 10.5. The molecule has 0 spiro atoms. The van der Waals surface area contributed by atoms with Crippen LogP contribution < -0.4 is 0 Å². The van der Waals surface area contributed by atoms with Crippen LogP contribution in [0.1, 0.15) is 16.7 Å². The van der Waals surface area contributed by atoms with E-state index in [4.69, 9.17) is 4.74 Å². The fourth-order valence-corrected chi connectivity index (χ4v) is 4.17. The quantitative estimate of drug-likeness (QED) is 0.486. The topological polar surface area (TPSA) is 34.0 Å². The van der Waals surface area contributed by atoms with Crippen LogP contribution in [0, 0.1) is 6.92 Å². The molecule has 148 valence electrons. The van der Waals surface area contributed by atoms with Gasteiger partial charge in [-0.05, 0) is 24.6 Å². The minimum atomic E-state index is 0.194. The van der Waals surface area contributed by atoms with Crippen molar-refractivity contribution in [2.24, 2.45) is 9.98 Å². The van der Waals surface area contributed by atoms with Gasteiger partial charge in [-0.3, -0.25) is 0 Å². The van der Waals surface area contributed by atoms with Crippen LogP contribution in [0.4, 0.5) is 0 Å². The maximum absolute atomic E-state index is 6.14. The van der Waals surface area contributed by atoms with Crippen molar-refractivity contribution < 1.29 is 4.74 Å². The summed E-state index contributed by atoms with van der Waals surface area (Å²) in [5, 5.41) is 0.794. The van der Waals surface area contributed by atoms with E-state index in [1.807, 2.05) is 48.5 Å². The van der Waals surface area contributed by atoms with Crippen LogP contribution in [0.5, 0.6) is 0 Å². The monoisotopic (exact) mass is 410 g/mol. The number of ether oxygens (including phenoxy) is 1. The molecular weight excluding hydrogens is 388 g/mol. The van der Waals surface area contributed by atoms with E-state index in [9.17, 15) is 0 Å². The van der Waals surface area contributed by atoms with E-state index in [2.05, 4.69) is 59.9 Å². The number of hydrogen-bond donors (Lipinski definition) is 0. The minimum Gasteiger partial charge on any atom is -0.470 e. The highest BCUT2D eigenvalue weighted by atomic mass is 32.2. The van der Waals surface area contributed by atoms with Gasteiger partial charge in [-0.2, -0.15) is 0 Å². The first-order chi connectivity index (χ1) is 14.7. The standard InChI is InChI=1S/C26H22N2OS/c1-19-10-9-15-23(16-19)30-26-20(2)24(21-11-5-3-6-12-21)25(29-18-27-17-28-26)22-13-7-4-8-14-22/h3-17H,2,18H2,1H3/b25-24+,27-17-,28-26?. The average Bonchev–Trinajstić information content (AvgIpc) is 2.85. The maximum Gasteiger partial charge on any atom is 0.180 e. The summed E-state index contributed by atoms with van der Waals surface area (Å²) < 4.78 is 6.14. The highest BCUT2D eigenvalue weighted by Crippen LogP contribution is 2.37. The number of aliphatic imine (C=N–C) groups is 2. The molecule has 4 heteroatoms. The Morgan fingerprint density at radius 1 is 0.867 bits per heavy atom. The van der Waals surface area contributed by atoms with Crippen molar-refractivity contribution in [1.29, 1.82) is 0 Å². The van der Waals surface area contributed by atoms with Gasteiger partial charge in [0.25, 0.3) is 0 Å². The molecule has 0 fully saturated rings. The predicted octanol–water partition coefficient (Wildman–Crippen LogP) is 6.63. The second-order valence-corrected chi connectivity index (χ2v) is 7.90. The minimum absolute atomic E-state index is 0.194. The Morgan fingerprint density at radius 2 is 1.57 bits per heavy atom. The molecule has 0 radical (unpaired) electrons. The Kier molecular flexibility index (Phi) is 6.26. The van der Waals surface area contributed by atoms with E-state index in [1.54, 1.807) is 18.1 Å². The zero-order valence-corrected chi connectivity index (χ0v) is 17.6. The lowest BCUT2D eigenvalue weighted by Crippen LogP contribution is -2.05. The van der Waals surface area contributed by atoms with Crippen molar-refractivity contribution in [2.45, 2.75) is 11.8 Å². The van der Waals surface area contributed by atoms with Crippen LogP contribution >= 0.6 is 11.8 Å². The molecule has 30 heavy (non-hydrogen) atoms. The van der Waals surface area contributed by atoms with Crippen LogP contribution in [0.2, 0.25) is 0 Å². The van der Waals surface area contributed by atoms with Gasteiger partial charge in [-0.25, -0.2) is 9.98 Å². The van der Waals surface area contributed by atoms with Crippen LogP contribution in [-0.2, 0) is 4.74 Å². The van der Waals surface area contributed by atoms with E-state index in [1.165, 1.54) is 5.56 Å². The van der Waals surface area contributed by atoms with Crippen LogP contribution in [0.15, 0.2) is 112 Å². The van der Waals surface area contributed by atoms with Gasteiger partial charge in [0, 0.05) is 21.6 Å². The molecule has 3 nitrogen and oxygen atoms in total. The highest BCUT2D eigenvalue weighted by Gasteiger charge is 2.21. The third-order valence-corrected chi connectivity index (χ3v) is 5.66. The van der Waals surface area contributed by atoms with Crippen molar-refractivity contribution in [1.82, 2.24) is 0 Å². The molecule has 0 saturated heterocycles. The van der Waals surface area contributed by atoms with Crippen molar-refractivity contribution in [3.8, 4) is 0 Å². The number of allylic oxidation sites excluding steroid dienone is 1. The van der Waals surface area contributed by atoms with E-state index in [-0.39, 0.29) is 6.73 Å². The Labute approximate surface area is 181 Å². The second-order valence-electron chi connectivity index (χ2n) is 6.84. The molecule has 4 rings (SSSR count). The molecule has 0 bridgehead atoms. The fraction of sp³-hybridized carbons (Fsp3) is 0.0769. The van der Waals surface area contributed by atoms with Crippen LogP contribution in [0.25, 0.3) is 11.3 Å². The van der Waals surface area contributed by atoms with Crippen molar-refractivity contribution in [3.63, 3.8) is 0 Å². The molecule has 1 heterocycles. The van der Waals surface area contributed by atoms with Gasteiger partial charge < -0.3 is 4.74 Å². The van der Waals surface area contributed by atoms with Crippen molar-refractivity contribution >= 4 is 34.5 Å². The van der Waals surface area contributed by atoms with Gasteiger partial charge in [-0.1, -0.05) is 96.7 Å². The highest BCUT2D eigenvalue weighted by molar-refractivity contribution is 8.14. The summed E-state index contributed by atoms with van der Waals surface area (Å²) in [7, 11) is 0.